The van der Waals surface area contributed by atoms with Gasteiger partial charge in [0.05, 0.1) is 29.3 Å². The molecule has 4 rings (SSSR count). The molecule has 2 aromatic heterocycles. The summed E-state index contributed by atoms with van der Waals surface area (Å²) in [6, 6.07) is 12.0. The number of pyridine rings is 1. The van der Waals surface area contributed by atoms with Gasteiger partial charge in [-0.3, -0.25) is 4.98 Å². The molecule has 0 bridgehead atoms. The Labute approximate surface area is 168 Å². The minimum absolute atomic E-state index is 0.00570. The molecule has 2 heterocycles. The number of fused-ring (bicyclic) bond motifs is 1. The van der Waals surface area contributed by atoms with Gasteiger partial charge < -0.3 is 15.0 Å². The maximum Gasteiger partial charge on any atom is 0.417 e. The number of H-pyrrole nitrogens is 1. The third kappa shape index (κ3) is 3.82. The number of methoxy groups -OCH3 is 1. The second-order valence-electron chi connectivity index (χ2n) is 6.44. The highest BCUT2D eigenvalue weighted by Crippen LogP contribution is 2.39. The normalized spacial score (nSPS) is 11.5. The lowest BCUT2D eigenvalue weighted by Crippen LogP contribution is -2.07. The fourth-order valence-corrected chi connectivity index (χ4v) is 3.09. The van der Waals surface area contributed by atoms with E-state index < -0.39 is 17.7 Å². The number of ether oxygens (including phenoxy) is 1. The number of anilines is 2. The van der Waals surface area contributed by atoms with Crippen molar-refractivity contribution >= 4 is 28.6 Å². The van der Waals surface area contributed by atoms with Crippen LogP contribution in [-0.4, -0.2) is 28.0 Å². The highest BCUT2D eigenvalue weighted by molar-refractivity contribution is 5.91. The van der Waals surface area contributed by atoms with Gasteiger partial charge in [-0.05, 0) is 42.0 Å². The highest BCUT2D eigenvalue weighted by Gasteiger charge is 2.34. The van der Waals surface area contributed by atoms with Crippen molar-refractivity contribution in [2.24, 2.45) is 0 Å². The summed E-state index contributed by atoms with van der Waals surface area (Å²) in [5.41, 5.74) is 0.988. The second-order valence-corrected chi connectivity index (χ2v) is 6.44. The third-order valence-corrected chi connectivity index (χ3v) is 4.45. The van der Waals surface area contributed by atoms with Crippen molar-refractivity contribution in [3.05, 3.63) is 72.1 Å². The number of carbonyl (C=O) groups excluding carboxylic acids is 1. The largest absolute Gasteiger partial charge is 0.465 e. The van der Waals surface area contributed by atoms with Gasteiger partial charge in [0, 0.05) is 23.6 Å². The predicted octanol–water partition coefficient (Wildman–Crippen LogP) is 5.17. The van der Waals surface area contributed by atoms with Gasteiger partial charge in [-0.2, -0.15) is 13.2 Å². The van der Waals surface area contributed by atoms with E-state index in [0.717, 1.165) is 6.07 Å². The number of aromatic amines is 1. The minimum Gasteiger partial charge on any atom is -0.465 e. The number of imidazole rings is 1. The molecule has 0 fully saturated rings. The molecule has 4 aromatic rings. The summed E-state index contributed by atoms with van der Waals surface area (Å²) in [4.78, 5) is 22.8. The number of nitrogens with zero attached hydrogens (tertiary/aromatic N) is 2. The second kappa shape index (κ2) is 7.51. The van der Waals surface area contributed by atoms with Crippen LogP contribution in [0.2, 0.25) is 0 Å². The molecular formula is C21H15F3N4O2. The van der Waals surface area contributed by atoms with Crippen LogP contribution in [0, 0.1) is 0 Å². The molecule has 2 N–H and O–H groups in total. The molecule has 6 nitrogen and oxygen atoms in total. The number of benzene rings is 2. The number of hydrogen-bond donors (Lipinski definition) is 2. The lowest BCUT2D eigenvalue weighted by atomic mass is 10.00. The molecule has 0 spiro atoms. The summed E-state index contributed by atoms with van der Waals surface area (Å²) in [6.45, 7) is 0. The molecule has 0 radical (unpaired) electrons. The molecule has 152 valence electrons. The maximum absolute atomic E-state index is 13.7. The van der Waals surface area contributed by atoms with Crippen molar-refractivity contribution in [1.29, 1.82) is 0 Å². The van der Waals surface area contributed by atoms with Crippen LogP contribution in [0.5, 0.6) is 0 Å². The van der Waals surface area contributed by atoms with E-state index in [0.29, 0.717) is 22.3 Å². The van der Waals surface area contributed by atoms with Crippen molar-refractivity contribution in [3.8, 4) is 11.1 Å². The predicted molar refractivity (Wildman–Crippen MR) is 105 cm³/mol. The number of hydrogen-bond acceptors (Lipinski definition) is 5. The Balaban J connectivity index is 1.75. The van der Waals surface area contributed by atoms with Gasteiger partial charge in [-0.1, -0.05) is 12.1 Å². The van der Waals surface area contributed by atoms with E-state index in [2.05, 4.69) is 25.0 Å². The quantitative estimate of drug-likeness (QED) is 0.452. The van der Waals surface area contributed by atoms with Crippen molar-refractivity contribution in [2.45, 2.75) is 6.18 Å². The van der Waals surface area contributed by atoms with Crippen LogP contribution in [0.1, 0.15) is 15.9 Å². The molecule has 0 aliphatic rings. The van der Waals surface area contributed by atoms with Crippen LogP contribution in [0.4, 0.5) is 24.8 Å². The molecule has 2 aromatic carbocycles. The zero-order chi connectivity index (χ0) is 21.3. The monoisotopic (exact) mass is 412 g/mol. The van der Waals surface area contributed by atoms with Gasteiger partial charge in [-0.15, -0.1) is 0 Å². The van der Waals surface area contributed by atoms with Gasteiger partial charge >= 0.3 is 12.1 Å². The molecule has 30 heavy (non-hydrogen) atoms. The number of aromatic nitrogens is 3. The molecule has 0 amide bonds. The van der Waals surface area contributed by atoms with Crippen LogP contribution in [-0.2, 0) is 10.9 Å². The Hall–Kier alpha value is -3.88. The van der Waals surface area contributed by atoms with Gasteiger partial charge in [0.15, 0.2) is 0 Å². The summed E-state index contributed by atoms with van der Waals surface area (Å²) in [7, 11) is 1.28. The minimum atomic E-state index is -4.55. The molecule has 0 aliphatic heterocycles. The third-order valence-electron chi connectivity index (χ3n) is 4.45. The van der Waals surface area contributed by atoms with Crippen molar-refractivity contribution in [1.82, 2.24) is 15.0 Å². The van der Waals surface area contributed by atoms with E-state index in [4.69, 9.17) is 0 Å². The van der Waals surface area contributed by atoms with Crippen LogP contribution >= 0.6 is 0 Å². The molecule has 0 unspecified atom stereocenters. The van der Waals surface area contributed by atoms with E-state index in [1.165, 1.54) is 25.6 Å². The summed E-state index contributed by atoms with van der Waals surface area (Å²) in [5, 5.41) is 2.96. The SMILES string of the molecule is COC(=O)c1cccc(Nc2nc3cc(-c4cccnc4)c(C(F)(F)F)cc3[nH]2)c1. The van der Waals surface area contributed by atoms with Crippen molar-refractivity contribution < 1.29 is 22.7 Å². The molecule has 0 aliphatic carbocycles. The summed E-state index contributed by atoms with van der Waals surface area (Å²) < 4.78 is 45.7. The summed E-state index contributed by atoms with van der Waals surface area (Å²) in [6.07, 6.45) is -1.68. The molecule has 0 atom stereocenters. The number of nitrogens with one attached hydrogen (secondary N) is 2. The van der Waals surface area contributed by atoms with Crippen molar-refractivity contribution in [3.63, 3.8) is 0 Å². The van der Waals surface area contributed by atoms with Gasteiger partial charge in [0.25, 0.3) is 0 Å². The Morgan fingerprint density at radius 2 is 1.97 bits per heavy atom. The standard InChI is InChI=1S/C21H15F3N4O2/c1-30-19(29)12-4-2-6-14(8-12)26-20-27-17-9-15(13-5-3-7-25-11-13)16(21(22,23)24)10-18(17)28-20/h2-11H,1H3,(H2,26,27,28). The van der Waals surface area contributed by atoms with E-state index >= 15 is 0 Å². The Kier molecular flexibility index (Phi) is 4.86. The maximum atomic E-state index is 13.7. The van der Waals surface area contributed by atoms with E-state index in [9.17, 15) is 18.0 Å². The highest BCUT2D eigenvalue weighted by atomic mass is 19.4. The topological polar surface area (TPSA) is 79.9 Å². The van der Waals surface area contributed by atoms with E-state index in [1.54, 1.807) is 36.4 Å². The molecular weight excluding hydrogens is 397 g/mol. The first-order valence-corrected chi connectivity index (χ1v) is 8.82. The fraction of sp³-hybridized carbons (Fsp3) is 0.0952. The molecule has 0 saturated heterocycles. The summed E-state index contributed by atoms with van der Waals surface area (Å²) >= 11 is 0. The average molecular weight is 412 g/mol. The Bertz CT molecular complexity index is 1220. The number of halogens is 3. The zero-order valence-corrected chi connectivity index (χ0v) is 15.6. The first kappa shape index (κ1) is 19.4. The number of alkyl halides is 3. The zero-order valence-electron chi connectivity index (χ0n) is 15.6. The first-order valence-electron chi connectivity index (χ1n) is 8.82. The van der Waals surface area contributed by atoms with E-state index in [-0.39, 0.29) is 17.0 Å². The number of carbonyl (C=O) groups is 1. The summed E-state index contributed by atoms with van der Waals surface area (Å²) in [5.74, 6) is -0.261. The van der Waals surface area contributed by atoms with Gasteiger partial charge in [-0.25, -0.2) is 9.78 Å². The molecule has 0 saturated carbocycles. The lowest BCUT2D eigenvalue weighted by molar-refractivity contribution is -0.137. The lowest BCUT2D eigenvalue weighted by Gasteiger charge is -2.12. The van der Waals surface area contributed by atoms with Crippen LogP contribution in [0.15, 0.2) is 60.9 Å². The van der Waals surface area contributed by atoms with Gasteiger partial charge in [0.1, 0.15) is 0 Å². The van der Waals surface area contributed by atoms with Crippen LogP contribution < -0.4 is 5.32 Å². The number of rotatable bonds is 4. The number of esters is 1. The molecule has 9 heteroatoms. The van der Waals surface area contributed by atoms with Gasteiger partial charge in [0.2, 0.25) is 5.95 Å². The fourth-order valence-electron chi connectivity index (χ4n) is 3.09. The van der Waals surface area contributed by atoms with Crippen molar-refractivity contribution in [2.75, 3.05) is 12.4 Å². The Morgan fingerprint density at radius 1 is 1.13 bits per heavy atom. The average Bonchev–Trinajstić information content (AvgIpc) is 3.13. The smallest absolute Gasteiger partial charge is 0.417 e. The van der Waals surface area contributed by atoms with Crippen LogP contribution in [0.3, 0.4) is 0 Å². The first-order chi connectivity index (χ1) is 14.3. The Morgan fingerprint density at radius 3 is 2.67 bits per heavy atom. The van der Waals surface area contributed by atoms with E-state index in [1.807, 2.05) is 0 Å². The van der Waals surface area contributed by atoms with Crippen LogP contribution in [0.25, 0.3) is 22.2 Å².